The number of oxime groups is 1. The number of esters is 1. The molecule has 0 unspecified atom stereocenters. The third kappa shape index (κ3) is 7.47. The third-order valence-electron chi connectivity index (χ3n) is 6.74. The van der Waals surface area contributed by atoms with Crippen molar-refractivity contribution in [3.63, 3.8) is 0 Å². The van der Waals surface area contributed by atoms with Crippen LogP contribution in [-0.4, -0.2) is 59.0 Å². The standard InChI is InChI=1S/C30H34N2O6/c33-26-19-24-18-25(12-8-3-1-2-4-9-17-37-30(36)29(24)27(34)20-26)31-38-21-28(35)32-15-13-23(14-16-32)22-10-6-5-7-11-22/h2,4-8,10-12,19-20,23,33-34H,1,3,9,13-18,21H2/b4-2+,12-8+,31-25-. The van der Waals surface area contributed by atoms with Crippen molar-refractivity contribution in [2.24, 2.45) is 5.16 Å². The van der Waals surface area contributed by atoms with Crippen LogP contribution in [0, 0.1) is 0 Å². The number of nitrogens with zero attached hydrogens (tertiary/aromatic N) is 2. The predicted molar refractivity (Wildman–Crippen MR) is 144 cm³/mol. The Morgan fingerprint density at radius 1 is 1.03 bits per heavy atom. The van der Waals surface area contributed by atoms with Crippen LogP contribution in [0.3, 0.4) is 0 Å². The van der Waals surface area contributed by atoms with E-state index in [4.69, 9.17) is 9.57 Å². The SMILES string of the molecule is O=C1OCC/C=C/CC/C=C/C(=N/OCC(=O)N2CCC(c3ccccc3)CC2)Cc2cc(O)cc(O)c21. The lowest BCUT2D eigenvalue weighted by atomic mass is 9.89. The molecule has 0 aliphatic carbocycles. The summed E-state index contributed by atoms with van der Waals surface area (Å²) in [4.78, 5) is 32.7. The summed E-state index contributed by atoms with van der Waals surface area (Å²) in [5, 5.41) is 24.6. The van der Waals surface area contributed by atoms with E-state index in [9.17, 15) is 19.8 Å². The lowest BCUT2D eigenvalue weighted by Crippen LogP contribution is -2.39. The molecule has 2 aliphatic heterocycles. The molecule has 200 valence electrons. The van der Waals surface area contributed by atoms with Crippen LogP contribution in [0.15, 0.2) is 71.9 Å². The Morgan fingerprint density at radius 2 is 1.76 bits per heavy atom. The molecule has 0 aromatic heterocycles. The minimum atomic E-state index is -0.679. The Labute approximate surface area is 222 Å². The van der Waals surface area contributed by atoms with Crippen LogP contribution in [0.1, 0.15) is 59.5 Å². The van der Waals surface area contributed by atoms with Gasteiger partial charge in [-0.2, -0.15) is 0 Å². The monoisotopic (exact) mass is 518 g/mol. The van der Waals surface area contributed by atoms with E-state index in [0.717, 1.165) is 31.7 Å². The van der Waals surface area contributed by atoms with Crippen molar-refractivity contribution in [1.82, 2.24) is 4.90 Å². The van der Waals surface area contributed by atoms with Crippen molar-refractivity contribution in [2.45, 2.75) is 44.4 Å². The number of phenolic OH excluding ortho intramolecular Hbond substituents is 2. The number of aromatic hydroxyl groups is 2. The van der Waals surface area contributed by atoms with Gasteiger partial charge in [-0.05, 0) is 61.3 Å². The highest BCUT2D eigenvalue weighted by Gasteiger charge is 2.24. The molecule has 2 N–H and O–H groups in total. The number of carbonyl (C=O) groups is 2. The Bertz CT molecular complexity index is 1200. The van der Waals surface area contributed by atoms with Gasteiger partial charge in [0.2, 0.25) is 0 Å². The maximum atomic E-state index is 12.8. The zero-order valence-corrected chi connectivity index (χ0v) is 21.4. The average molecular weight is 519 g/mol. The molecule has 0 atom stereocenters. The Morgan fingerprint density at radius 3 is 2.55 bits per heavy atom. The number of hydrogen-bond acceptors (Lipinski definition) is 7. The first-order valence-corrected chi connectivity index (χ1v) is 13.1. The van der Waals surface area contributed by atoms with Crippen LogP contribution < -0.4 is 0 Å². The maximum absolute atomic E-state index is 12.8. The minimum absolute atomic E-state index is 0.0256. The Hall–Kier alpha value is -4.07. The second-order valence-corrected chi connectivity index (χ2v) is 9.47. The molecule has 38 heavy (non-hydrogen) atoms. The second-order valence-electron chi connectivity index (χ2n) is 9.47. The van der Waals surface area contributed by atoms with Crippen molar-refractivity contribution in [2.75, 3.05) is 26.3 Å². The van der Waals surface area contributed by atoms with Crippen LogP contribution in [0.4, 0.5) is 0 Å². The van der Waals surface area contributed by atoms with Gasteiger partial charge in [0.1, 0.15) is 17.1 Å². The third-order valence-corrected chi connectivity index (χ3v) is 6.74. The summed E-state index contributed by atoms with van der Waals surface area (Å²) >= 11 is 0. The molecule has 8 nitrogen and oxygen atoms in total. The van der Waals surface area contributed by atoms with E-state index in [-0.39, 0.29) is 42.6 Å². The highest BCUT2D eigenvalue weighted by molar-refractivity contribution is 6.00. The summed E-state index contributed by atoms with van der Waals surface area (Å²) in [7, 11) is 0. The summed E-state index contributed by atoms with van der Waals surface area (Å²) in [5.74, 6) is -0.912. The molecule has 2 aromatic carbocycles. The van der Waals surface area contributed by atoms with E-state index >= 15 is 0 Å². The molecule has 0 saturated carbocycles. The van der Waals surface area contributed by atoms with E-state index < -0.39 is 5.97 Å². The van der Waals surface area contributed by atoms with Crippen LogP contribution >= 0.6 is 0 Å². The van der Waals surface area contributed by atoms with Gasteiger partial charge in [-0.15, -0.1) is 0 Å². The zero-order chi connectivity index (χ0) is 26.7. The van der Waals surface area contributed by atoms with E-state index in [1.807, 2.05) is 36.4 Å². The van der Waals surface area contributed by atoms with Crippen LogP contribution in [0.25, 0.3) is 0 Å². The summed E-state index contributed by atoms with van der Waals surface area (Å²) in [6.07, 6.45) is 11.7. The topological polar surface area (TPSA) is 109 Å². The quantitative estimate of drug-likeness (QED) is 0.340. The number of amides is 1. The molecule has 2 aromatic rings. The van der Waals surface area contributed by atoms with Gasteiger partial charge in [0.05, 0.1) is 12.3 Å². The van der Waals surface area contributed by atoms with Crippen molar-refractivity contribution in [1.29, 1.82) is 0 Å². The minimum Gasteiger partial charge on any atom is -0.508 e. The van der Waals surface area contributed by atoms with Gasteiger partial charge in [-0.3, -0.25) is 4.79 Å². The smallest absolute Gasteiger partial charge is 0.342 e. The highest BCUT2D eigenvalue weighted by Crippen LogP contribution is 2.29. The van der Waals surface area contributed by atoms with E-state index in [0.29, 0.717) is 36.7 Å². The Kier molecular flexibility index (Phi) is 9.56. The number of hydrogen-bond donors (Lipinski definition) is 2. The number of cyclic esters (lactones) is 1. The molecule has 2 heterocycles. The van der Waals surface area contributed by atoms with Gasteiger partial charge >= 0.3 is 5.97 Å². The first-order chi connectivity index (χ1) is 18.5. The van der Waals surface area contributed by atoms with Crippen LogP contribution in [0.5, 0.6) is 11.5 Å². The van der Waals surface area contributed by atoms with Gasteiger partial charge in [0.25, 0.3) is 5.91 Å². The molecular formula is C30H34N2O6. The van der Waals surface area contributed by atoms with Crippen molar-refractivity contribution in [3.8, 4) is 11.5 Å². The number of benzene rings is 2. The molecule has 0 spiro atoms. The number of phenols is 2. The lowest BCUT2D eigenvalue weighted by Gasteiger charge is -2.32. The summed E-state index contributed by atoms with van der Waals surface area (Å²) in [6.45, 7) is 1.32. The first kappa shape index (κ1) is 27.0. The number of fused-ring (bicyclic) bond motifs is 1. The van der Waals surface area contributed by atoms with Crippen LogP contribution in [-0.2, 0) is 20.8 Å². The number of likely N-dealkylation sites (tertiary alicyclic amines) is 1. The predicted octanol–water partition coefficient (Wildman–Crippen LogP) is 4.87. The molecule has 1 amide bonds. The van der Waals surface area contributed by atoms with E-state index in [1.165, 1.54) is 11.6 Å². The highest BCUT2D eigenvalue weighted by atomic mass is 16.6. The fourth-order valence-electron chi connectivity index (χ4n) is 4.75. The number of allylic oxidation sites excluding steroid dienone is 3. The van der Waals surface area contributed by atoms with Crippen molar-refractivity contribution >= 4 is 17.6 Å². The fraction of sp³-hybridized carbons (Fsp3) is 0.367. The van der Waals surface area contributed by atoms with Gasteiger partial charge in [0.15, 0.2) is 6.61 Å². The van der Waals surface area contributed by atoms with E-state index in [1.54, 1.807) is 11.0 Å². The first-order valence-electron chi connectivity index (χ1n) is 13.1. The number of rotatable bonds is 4. The molecule has 2 aliphatic rings. The van der Waals surface area contributed by atoms with Gasteiger partial charge in [-0.1, -0.05) is 53.7 Å². The van der Waals surface area contributed by atoms with Gasteiger partial charge < -0.3 is 24.7 Å². The molecule has 0 radical (unpaired) electrons. The zero-order valence-electron chi connectivity index (χ0n) is 21.4. The maximum Gasteiger partial charge on any atom is 0.342 e. The molecule has 1 fully saturated rings. The molecule has 0 bridgehead atoms. The largest absolute Gasteiger partial charge is 0.508 e. The molecule has 8 heteroatoms. The summed E-state index contributed by atoms with van der Waals surface area (Å²) in [5.41, 5.74) is 2.07. The summed E-state index contributed by atoms with van der Waals surface area (Å²) < 4.78 is 5.31. The lowest BCUT2D eigenvalue weighted by molar-refractivity contribution is -0.137. The van der Waals surface area contributed by atoms with Crippen molar-refractivity contribution in [3.05, 3.63) is 83.5 Å². The number of ether oxygens (including phenoxy) is 1. The Balaban J connectivity index is 1.43. The molecule has 4 rings (SSSR count). The average Bonchev–Trinajstić information content (AvgIpc) is 2.91. The molecule has 1 saturated heterocycles. The van der Waals surface area contributed by atoms with E-state index in [2.05, 4.69) is 17.3 Å². The van der Waals surface area contributed by atoms with Gasteiger partial charge in [0, 0.05) is 25.6 Å². The number of carbonyl (C=O) groups excluding carboxylic acids is 2. The van der Waals surface area contributed by atoms with Gasteiger partial charge in [-0.25, -0.2) is 4.79 Å². The summed E-state index contributed by atoms with van der Waals surface area (Å²) in [6, 6.07) is 12.9. The number of piperidine rings is 1. The van der Waals surface area contributed by atoms with Crippen LogP contribution in [0.2, 0.25) is 0 Å². The second kappa shape index (κ2) is 13.5. The fourth-order valence-corrected chi connectivity index (χ4v) is 4.75. The normalized spacial score (nSPS) is 20.2. The molecular weight excluding hydrogens is 484 g/mol. The van der Waals surface area contributed by atoms with Crippen molar-refractivity contribution < 1.29 is 29.4 Å².